The van der Waals surface area contributed by atoms with Gasteiger partial charge in [-0.3, -0.25) is 14.4 Å². The largest absolute Gasteiger partial charge is 0.480 e. The molecule has 0 spiro atoms. The highest BCUT2D eigenvalue weighted by molar-refractivity contribution is 6.24. The number of hydrogen-bond acceptors (Lipinski definition) is 7. The van der Waals surface area contributed by atoms with E-state index in [-0.39, 0.29) is 6.42 Å². The molecule has 0 aromatic heterocycles. The molecule has 26 heavy (non-hydrogen) atoms. The average Bonchev–Trinajstić information content (AvgIpc) is 2.64. The summed E-state index contributed by atoms with van der Waals surface area (Å²) in [5, 5.41) is 46.6. The molecule has 2 unspecified atom stereocenters. The molecular weight excluding hydrogens is 344 g/mol. The number of Topliss-reactive ketones (excluding diaryl/α,β-unsaturated/α-hetero) is 2. The molecule has 0 rings (SSSR count). The molecule has 8 nitrogen and oxygen atoms in total. The van der Waals surface area contributed by atoms with Crippen molar-refractivity contribution in [3.63, 3.8) is 0 Å². The van der Waals surface area contributed by atoms with E-state index < -0.39 is 54.8 Å². The number of ketones is 2. The molecule has 0 radical (unpaired) electrons. The first-order valence-electron chi connectivity index (χ1n) is 9.19. The van der Waals surface area contributed by atoms with Gasteiger partial charge in [0.2, 0.25) is 0 Å². The van der Waals surface area contributed by atoms with Crippen molar-refractivity contribution in [3.8, 4) is 0 Å². The minimum absolute atomic E-state index is 0.230. The van der Waals surface area contributed by atoms with Gasteiger partial charge in [0.05, 0.1) is 13.2 Å². The van der Waals surface area contributed by atoms with Crippen LogP contribution in [0.2, 0.25) is 0 Å². The Morgan fingerprint density at radius 1 is 0.769 bits per heavy atom. The quantitative estimate of drug-likeness (QED) is 0.192. The summed E-state index contributed by atoms with van der Waals surface area (Å²) >= 11 is 0. The van der Waals surface area contributed by atoms with E-state index in [0.29, 0.717) is 6.42 Å². The Bertz CT molecular complexity index is 426. The summed E-state index contributed by atoms with van der Waals surface area (Å²) in [7, 11) is 0. The number of aliphatic carboxylic acids is 1. The summed E-state index contributed by atoms with van der Waals surface area (Å²) < 4.78 is 0. The number of aliphatic hydroxyl groups is 4. The Kier molecular flexibility index (Phi) is 12.2. The fourth-order valence-electron chi connectivity index (χ4n) is 2.94. The summed E-state index contributed by atoms with van der Waals surface area (Å²) in [5.41, 5.74) is -2.67. The molecule has 0 aliphatic carbocycles. The number of hydrogen-bond donors (Lipinski definition) is 5. The van der Waals surface area contributed by atoms with E-state index in [1.54, 1.807) is 0 Å². The van der Waals surface area contributed by atoms with Crippen LogP contribution >= 0.6 is 0 Å². The smallest absolute Gasteiger partial charge is 0.325 e. The van der Waals surface area contributed by atoms with Gasteiger partial charge in [-0.25, -0.2) is 0 Å². The van der Waals surface area contributed by atoms with E-state index in [9.17, 15) is 29.7 Å². The van der Waals surface area contributed by atoms with Gasteiger partial charge >= 0.3 is 5.97 Å². The van der Waals surface area contributed by atoms with E-state index in [0.717, 1.165) is 38.5 Å². The number of carboxylic acids is 1. The van der Waals surface area contributed by atoms with Crippen LogP contribution in [0.5, 0.6) is 0 Å². The molecule has 0 heterocycles. The molecule has 0 saturated heterocycles. The number of carbonyl (C=O) groups is 3. The van der Waals surface area contributed by atoms with Crippen molar-refractivity contribution < 1.29 is 39.9 Å². The van der Waals surface area contributed by atoms with Crippen molar-refractivity contribution in [2.75, 3.05) is 13.2 Å². The lowest BCUT2D eigenvalue weighted by atomic mass is 9.71. The molecule has 2 atom stereocenters. The van der Waals surface area contributed by atoms with Crippen LogP contribution in [-0.2, 0) is 14.4 Å². The number of carboxylic acid groups (broad SMARTS) is 1. The SMILES string of the molecule is CCCCCCCCCCC(C(=O)O)(C(=O)C(O)CO)C(=O)C(O)CO. The van der Waals surface area contributed by atoms with Gasteiger partial charge in [-0.15, -0.1) is 0 Å². The molecule has 0 aliphatic rings. The third-order valence-corrected chi connectivity index (χ3v) is 4.56. The third kappa shape index (κ3) is 6.75. The topological polar surface area (TPSA) is 152 Å². The monoisotopic (exact) mass is 376 g/mol. The van der Waals surface area contributed by atoms with Crippen LogP contribution in [0.4, 0.5) is 0 Å². The van der Waals surface area contributed by atoms with Crippen LogP contribution < -0.4 is 0 Å². The van der Waals surface area contributed by atoms with Crippen LogP contribution in [-0.4, -0.2) is 68.5 Å². The van der Waals surface area contributed by atoms with Gasteiger partial charge in [-0.05, 0) is 6.42 Å². The van der Waals surface area contributed by atoms with Gasteiger partial charge in [0.1, 0.15) is 12.2 Å². The lowest BCUT2D eigenvalue weighted by Gasteiger charge is -2.29. The van der Waals surface area contributed by atoms with Crippen molar-refractivity contribution in [1.29, 1.82) is 0 Å². The Balaban J connectivity index is 5.06. The van der Waals surface area contributed by atoms with Crippen LogP contribution in [0.15, 0.2) is 0 Å². The minimum atomic E-state index is -2.67. The molecule has 0 amide bonds. The van der Waals surface area contributed by atoms with Gasteiger partial charge in [-0.1, -0.05) is 58.3 Å². The highest BCUT2D eigenvalue weighted by Crippen LogP contribution is 2.31. The molecule has 0 fully saturated rings. The fraction of sp³-hybridized carbons (Fsp3) is 0.833. The van der Waals surface area contributed by atoms with Crippen molar-refractivity contribution in [2.24, 2.45) is 5.41 Å². The highest BCUT2D eigenvalue weighted by Gasteiger charge is 2.55. The third-order valence-electron chi connectivity index (χ3n) is 4.56. The van der Waals surface area contributed by atoms with Crippen molar-refractivity contribution in [2.45, 2.75) is 76.9 Å². The zero-order valence-corrected chi connectivity index (χ0v) is 15.4. The summed E-state index contributed by atoms with van der Waals surface area (Å²) in [6.45, 7) is 0.0443. The first-order chi connectivity index (χ1) is 12.3. The van der Waals surface area contributed by atoms with Gasteiger partial charge < -0.3 is 25.5 Å². The molecule has 0 bridgehead atoms. The van der Waals surface area contributed by atoms with E-state index in [1.807, 2.05) is 0 Å². The number of carbonyl (C=O) groups excluding carboxylic acids is 2. The molecular formula is C18H32O8. The van der Waals surface area contributed by atoms with Crippen LogP contribution in [0.3, 0.4) is 0 Å². The van der Waals surface area contributed by atoms with E-state index in [4.69, 9.17) is 10.2 Å². The average molecular weight is 376 g/mol. The molecule has 0 aliphatic heterocycles. The lowest BCUT2D eigenvalue weighted by molar-refractivity contribution is -0.168. The van der Waals surface area contributed by atoms with E-state index >= 15 is 0 Å². The minimum Gasteiger partial charge on any atom is -0.480 e. The van der Waals surface area contributed by atoms with E-state index in [2.05, 4.69) is 6.92 Å². The summed E-state index contributed by atoms with van der Waals surface area (Å²) in [6, 6.07) is 0. The molecule has 152 valence electrons. The van der Waals surface area contributed by atoms with Gasteiger partial charge in [0.15, 0.2) is 17.0 Å². The highest BCUT2D eigenvalue weighted by atomic mass is 16.4. The lowest BCUT2D eigenvalue weighted by Crippen LogP contribution is -2.55. The normalized spacial score (nSPS) is 15.9. The fourth-order valence-corrected chi connectivity index (χ4v) is 2.94. The Morgan fingerprint density at radius 3 is 1.50 bits per heavy atom. The summed E-state index contributed by atoms with van der Waals surface area (Å²) in [4.78, 5) is 36.4. The van der Waals surface area contributed by atoms with Crippen LogP contribution in [0.25, 0.3) is 0 Å². The van der Waals surface area contributed by atoms with Gasteiger partial charge in [-0.2, -0.15) is 0 Å². The predicted octanol–water partition coefficient (Wildman–Crippen LogP) is 0.433. The van der Waals surface area contributed by atoms with Crippen LogP contribution in [0.1, 0.15) is 64.7 Å². The maximum absolute atomic E-state index is 12.3. The first-order valence-corrected chi connectivity index (χ1v) is 9.19. The zero-order chi connectivity index (χ0) is 20.2. The number of unbranched alkanes of at least 4 members (excludes halogenated alkanes) is 7. The maximum atomic E-state index is 12.3. The second-order valence-electron chi connectivity index (χ2n) is 6.56. The standard InChI is InChI=1S/C18H32O8/c1-2-3-4-5-6-7-8-9-10-18(17(25)26,15(23)13(21)11-19)16(24)14(22)12-20/h13-14,19-22H,2-12H2,1H3,(H,25,26). The summed E-state index contributed by atoms with van der Waals surface area (Å²) in [5.74, 6) is -4.53. The molecule has 0 aromatic carbocycles. The van der Waals surface area contributed by atoms with Crippen molar-refractivity contribution >= 4 is 17.5 Å². The first kappa shape index (κ1) is 24.7. The molecule has 8 heteroatoms. The Morgan fingerprint density at radius 2 is 1.15 bits per heavy atom. The Labute approximate surface area is 153 Å². The van der Waals surface area contributed by atoms with Crippen molar-refractivity contribution in [3.05, 3.63) is 0 Å². The molecule has 5 N–H and O–H groups in total. The van der Waals surface area contributed by atoms with Gasteiger partial charge in [0.25, 0.3) is 0 Å². The maximum Gasteiger partial charge on any atom is 0.325 e. The summed E-state index contributed by atoms with van der Waals surface area (Å²) in [6.07, 6.45) is 2.57. The molecule has 0 saturated carbocycles. The number of rotatable bonds is 16. The van der Waals surface area contributed by atoms with Crippen molar-refractivity contribution in [1.82, 2.24) is 0 Å². The Hall–Kier alpha value is -1.35. The number of aliphatic hydroxyl groups excluding tert-OH is 4. The van der Waals surface area contributed by atoms with Gasteiger partial charge in [0, 0.05) is 0 Å². The predicted molar refractivity (Wildman–Crippen MR) is 93.5 cm³/mol. The second kappa shape index (κ2) is 12.9. The molecule has 0 aromatic rings. The zero-order valence-electron chi connectivity index (χ0n) is 15.4. The van der Waals surface area contributed by atoms with E-state index in [1.165, 1.54) is 0 Å². The van der Waals surface area contributed by atoms with Crippen LogP contribution in [0, 0.1) is 5.41 Å². The second-order valence-corrected chi connectivity index (χ2v) is 6.56.